The Morgan fingerprint density at radius 3 is 2.67 bits per heavy atom. The van der Waals surface area contributed by atoms with Crippen molar-refractivity contribution < 1.29 is 23.7 Å². The molecule has 36 heavy (non-hydrogen) atoms. The minimum atomic E-state index is -0.186. The smallest absolute Gasteiger partial charge is 0.231 e. The Hall–Kier alpha value is -4.13. The molecule has 0 saturated heterocycles. The van der Waals surface area contributed by atoms with Crippen LogP contribution >= 0.6 is 0 Å². The van der Waals surface area contributed by atoms with Crippen LogP contribution in [0, 0.1) is 0 Å². The summed E-state index contributed by atoms with van der Waals surface area (Å²) >= 11 is 0. The SMILES string of the molecule is COc1ccc(CCN(C)C(=O)CC(c2cccc3c2OCO3)c2c[nH]c3ccccc23)cc1OC. The van der Waals surface area contributed by atoms with Crippen molar-refractivity contribution in [2.24, 2.45) is 0 Å². The highest BCUT2D eigenvalue weighted by Gasteiger charge is 2.29. The second kappa shape index (κ2) is 10.2. The standard InChI is InChI=1S/C29H30N2O5/c1-31(14-13-19-11-12-25(33-2)27(15-19)34-3)28(32)16-22(21-8-6-10-26-29(21)36-18-35-26)23-17-30-24-9-5-4-7-20(23)24/h4-12,15,17,22,30H,13-14,16,18H2,1-3H3. The second-order valence-electron chi connectivity index (χ2n) is 8.88. The fraction of sp³-hybridized carbons (Fsp3) is 0.276. The number of likely N-dealkylation sites (N-methyl/N-ethyl adjacent to an activating group) is 1. The summed E-state index contributed by atoms with van der Waals surface area (Å²) in [6, 6.07) is 19.9. The maximum Gasteiger partial charge on any atom is 0.231 e. The van der Waals surface area contributed by atoms with Gasteiger partial charge in [0.05, 0.1) is 14.2 Å². The first-order chi connectivity index (χ1) is 17.6. The number of carbonyl (C=O) groups is 1. The van der Waals surface area contributed by atoms with Gasteiger partial charge in [0, 0.05) is 48.6 Å². The molecule has 0 saturated carbocycles. The molecular formula is C29H30N2O5. The van der Waals surface area contributed by atoms with Crippen molar-refractivity contribution in [3.8, 4) is 23.0 Å². The first-order valence-corrected chi connectivity index (χ1v) is 12.0. The number of rotatable bonds is 9. The third-order valence-electron chi connectivity index (χ3n) is 6.79. The van der Waals surface area contributed by atoms with E-state index in [2.05, 4.69) is 11.1 Å². The normalized spacial score (nSPS) is 13.0. The zero-order valence-corrected chi connectivity index (χ0v) is 20.7. The molecule has 0 radical (unpaired) electrons. The zero-order chi connectivity index (χ0) is 25.1. The number of methoxy groups -OCH3 is 2. The molecule has 1 aliphatic rings. The van der Waals surface area contributed by atoms with Gasteiger partial charge in [0.2, 0.25) is 12.7 Å². The molecule has 7 heteroatoms. The number of carbonyl (C=O) groups excluding carboxylic acids is 1. The van der Waals surface area contributed by atoms with Gasteiger partial charge >= 0.3 is 0 Å². The molecule has 1 atom stereocenters. The van der Waals surface area contributed by atoms with E-state index in [4.69, 9.17) is 18.9 Å². The monoisotopic (exact) mass is 486 g/mol. The number of benzene rings is 3. The van der Waals surface area contributed by atoms with E-state index in [1.54, 1.807) is 19.1 Å². The van der Waals surface area contributed by atoms with E-state index in [1.807, 2.05) is 67.8 Å². The van der Waals surface area contributed by atoms with Gasteiger partial charge in [0.1, 0.15) is 0 Å². The number of ether oxygens (including phenoxy) is 4. The lowest BCUT2D eigenvalue weighted by Gasteiger charge is -2.23. The van der Waals surface area contributed by atoms with Crippen molar-refractivity contribution in [2.75, 3.05) is 34.6 Å². The molecule has 5 rings (SSSR count). The molecule has 7 nitrogen and oxygen atoms in total. The van der Waals surface area contributed by atoms with Crippen LogP contribution in [0.4, 0.5) is 0 Å². The molecule has 0 bridgehead atoms. The number of fused-ring (bicyclic) bond motifs is 2. The highest BCUT2D eigenvalue weighted by atomic mass is 16.7. The van der Waals surface area contributed by atoms with Gasteiger partial charge in [-0.3, -0.25) is 4.79 Å². The summed E-state index contributed by atoms with van der Waals surface area (Å²) in [6.07, 6.45) is 3.02. The lowest BCUT2D eigenvalue weighted by atomic mass is 9.87. The second-order valence-corrected chi connectivity index (χ2v) is 8.88. The fourth-order valence-electron chi connectivity index (χ4n) is 4.79. The number of hydrogen-bond acceptors (Lipinski definition) is 5. The van der Waals surface area contributed by atoms with Gasteiger partial charge in [-0.05, 0) is 41.8 Å². The summed E-state index contributed by atoms with van der Waals surface area (Å²) < 4.78 is 22.2. The van der Waals surface area contributed by atoms with Crippen LogP contribution in [0.1, 0.15) is 29.0 Å². The van der Waals surface area contributed by atoms with Gasteiger partial charge in [0.25, 0.3) is 0 Å². The van der Waals surface area contributed by atoms with Crippen LogP contribution in [0.2, 0.25) is 0 Å². The zero-order valence-electron chi connectivity index (χ0n) is 20.7. The fourth-order valence-corrected chi connectivity index (χ4v) is 4.79. The molecule has 1 aromatic heterocycles. The van der Waals surface area contributed by atoms with E-state index in [0.29, 0.717) is 42.4 Å². The number of H-pyrrole nitrogens is 1. The van der Waals surface area contributed by atoms with Crippen molar-refractivity contribution in [1.29, 1.82) is 0 Å². The Labute approximate surface area is 210 Å². The molecule has 1 N–H and O–H groups in total. The summed E-state index contributed by atoms with van der Waals surface area (Å²) in [5.41, 5.74) is 4.14. The minimum absolute atomic E-state index is 0.0577. The average molecular weight is 487 g/mol. The van der Waals surface area contributed by atoms with Crippen molar-refractivity contribution in [1.82, 2.24) is 9.88 Å². The van der Waals surface area contributed by atoms with Gasteiger partial charge in [-0.25, -0.2) is 0 Å². The van der Waals surface area contributed by atoms with Crippen LogP contribution < -0.4 is 18.9 Å². The third kappa shape index (κ3) is 4.56. The number of nitrogens with zero attached hydrogens (tertiary/aromatic N) is 1. The first-order valence-electron chi connectivity index (χ1n) is 12.0. The number of aromatic amines is 1. The highest BCUT2D eigenvalue weighted by Crippen LogP contribution is 2.44. The lowest BCUT2D eigenvalue weighted by Crippen LogP contribution is -2.30. The van der Waals surface area contributed by atoms with E-state index in [9.17, 15) is 4.79 Å². The van der Waals surface area contributed by atoms with Crippen LogP contribution in [-0.2, 0) is 11.2 Å². The number of para-hydroxylation sites is 2. The van der Waals surface area contributed by atoms with Gasteiger partial charge < -0.3 is 28.8 Å². The molecule has 3 aromatic carbocycles. The quantitative estimate of drug-likeness (QED) is 0.355. The molecule has 0 spiro atoms. The van der Waals surface area contributed by atoms with Crippen LogP contribution in [-0.4, -0.2) is 50.4 Å². The number of nitrogens with one attached hydrogen (secondary N) is 1. The molecule has 186 valence electrons. The summed E-state index contributed by atoms with van der Waals surface area (Å²) in [5.74, 6) is 2.67. The predicted molar refractivity (Wildman–Crippen MR) is 138 cm³/mol. The van der Waals surface area contributed by atoms with E-state index in [-0.39, 0.29) is 18.6 Å². The third-order valence-corrected chi connectivity index (χ3v) is 6.79. The Morgan fingerprint density at radius 1 is 1.00 bits per heavy atom. The predicted octanol–water partition coefficient (Wildman–Crippen LogP) is 5.14. The summed E-state index contributed by atoms with van der Waals surface area (Å²) in [4.78, 5) is 18.6. The van der Waals surface area contributed by atoms with E-state index >= 15 is 0 Å². The largest absolute Gasteiger partial charge is 0.493 e. The molecular weight excluding hydrogens is 456 g/mol. The van der Waals surface area contributed by atoms with E-state index in [1.165, 1.54) is 0 Å². The average Bonchev–Trinajstić information content (AvgIpc) is 3.57. The van der Waals surface area contributed by atoms with Gasteiger partial charge in [0.15, 0.2) is 23.0 Å². The number of hydrogen-bond donors (Lipinski definition) is 1. The molecule has 1 unspecified atom stereocenters. The summed E-state index contributed by atoms with van der Waals surface area (Å²) in [6.45, 7) is 0.771. The molecule has 0 fully saturated rings. The maximum atomic E-state index is 13.5. The van der Waals surface area contributed by atoms with Crippen molar-refractivity contribution in [3.63, 3.8) is 0 Å². The number of aromatic nitrogens is 1. The molecule has 0 aliphatic carbocycles. The van der Waals surface area contributed by atoms with Gasteiger partial charge in [-0.2, -0.15) is 0 Å². The Bertz CT molecular complexity index is 1380. The first kappa shape index (κ1) is 23.6. The molecule has 2 heterocycles. The van der Waals surface area contributed by atoms with Gasteiger partial charge in [-0.15, -0.1) is 0 Å². The van der Waals surface area contributed by atoms with Gasteiger partial charge in [-0.1, -0.05) is 36.4 Å². The summed E-state index contributed by atoms with van der Waals surface area (Å²) in [7, 11) is 5.09. The topological polar surface area (TPSA) is 73.0 Å². The van der Waals surface area contributed by atoms with Crippen LogP contribution in [0.25, 0.3) is 10.9 Å². The molecule has 1 aliphatic heterocycles. The highest BCUT2D eigenvalue weighted by molar-refractivity contribution is 5.86. The molecule has 1 amide bonds. The Morgan fingerprint density at radius 2 is 1.83 bits per heavy atom. The number of amides is 1. The van der Waals surface area contributed by atoms with Crippen molar-refractivity contribution >= 4 is 16.8 Å². The minimum Gasteiger partial charge on any atom is -0.493 e. The summed E-state index contributed by atoms with van der Waals surface area (Å²) in [5, 5.41) is 1.10. The molecule has 4 aromatic rings. The Kier molecular flexibility index (Phi) is 6.71. The lowest BCUT2D eigenvalue weighted by molar-refractivity contribution is -0.130. The van der Waals surface area contributed by atoms with E-state index < -0.39 is 0 Å². The van der Waals surface area contributed by atoms with Crippen molar-refractivity contribution in [3.05, 3.63) is 83.6 Å². The van der Waals surface area contributed by atoms with Crippen LogP contribution in [0.3, 0.4) is 0 Å². The van der Waals surface area contributed by atoms with Crippen LogP contribution in [0.15, 0.2) is 66.9 Å². The van der Waals surface area contributed by atoms with Crippen molar-refractivity contribution in [2.45, 2.75) is 18.8 Å². The maximum absolute atomic E-state index is 13.5. The Balaban J connectivity index is 1.38. The van der Waals surface area contributed by atoms with E-state index in [0.717, 1.165) is 27.6 Å². The van der Waals surface area contributed by atoms with Crippen LogP contribution in [0.5, 0.6) is 23.0 Å².